The third-order valence-corrected chi connectivity index (χ3v) is 3.71. The summed E-state index contributed by atoms with van der Waals surface area (Å²) >= 11 is 3.46. The minimum atomic E-state index is 0.607. The third-order valence-electron chi connectivity index (χ3n) is 3.09. The van der Waals surface area contributed by atoms with E-state index >= 15 is 0 Å². The van der Waals surface area contributed by atoms with E-state index in [-0.39, 0.29) is 0 Å². The lowest BCUT2D eigenvalue weighted by atomic mass is 10.2. The minimum absolute atomic E-state index is 0.607. The number of halogens is 1. The summed E-state index contributed by atoms with van der Waals surface area (Å²) in [6.45, 7) is 2.70. The minimum Gasteiger partial charge on any atom is -0.349 e. The van der Waals surface area contributed by atoms with Crippen LogP contribution in [0.5, 0.6) is 0 Å². The van der Waals surface area contributed by atoms with Crippen LogP contribution in [0, 0.1) is 6.92 Å². The van der Waals surface area contributed by atoms with Crippen LogP contribution in [0.25, 0.3) is 5.65 Å². The molecule has 3 aromatic heterocycles. The monoisotopic (exact) mass is 320 g/mol. The van der Waals surface area contributed by atoms with Crippen LogP contribution in [-0.2, 0) is 13.6 Å². The number of nitrogens with zero attached hydrogens (tertiary/aromatic N) is 5. The molecule has 0 saturated carbocycles. The summed E-state index contributed by atoms with van der Waals surface area (Å²) < 4.78 is 4.51. The zero-order chi connectivity index (χ0) is 13.4. The SMILES string of the molecule is Cc1c(CNc2nc3c(Br)cccn3n2)cnn1C. The van der Waals surface area contributed by atoms with Crippen LogP contribution in [0.15, 0.2) is 29.0 Å². The molecule has 98 valence electrons. The quantitative estimate of drug-likeness (QED) is 0.803. The Labute approximate surface area is 118 Å². The molecule has 0 bridgehead atoms. The zero-order valence-electron chi connectivity index (χ0n) is 10.6. The number of nitrogens with one attached hydrogen (secondary N) is 1. The molecule has 0 amide bonds. The fraction of sp³-hybridized carbons (Fsp3) is 0.250. The molecule has 0 spiro atoms. The van der Waals surface area contributed by atoms with Gasteiger partial charge in [0.05, 0.1) is 10.7 Å². The van der Waals surface area contributed by atoms with Crippen molar-refractivity contribution in [3.05, 3.63) is 40.3 Å². The van der Waals surface area contributed by atoms with Crippen LogP contribution in [-0.4, -0.2) is 24.4 Å². The number of pyridine rings is 1. The predicted octanol–water partition coefficient (Wildman–Crippen LogP) is 2.15. The molecule has 6 nitrogen and oxygen atoms in total. The van der Waals surface area contributed by atoms with Gasteiger partial charge in [-0.1, -0.05) is 0 Å². The van der Waals surface area contributed by atoms with E-state index in [2.05, 4.69) is 36.4 Å². The van der Waals surface area contributed by atoms with E-state index in [1.165, 1.54) is 0 Å². The van der Waals surface area contributed by atoms with Crippen LogP contribution in [0.2, 0.25) is 0 Å². The number of rotatable bonds is 3. The van der Waals surface area contributed by atoms with Gasteiger partial charge in [0.1, 0.15) is 0 Å². The van der Waals surface area contributed by atoms with Gasteiger partial charge in [0.2, 0.25) is 5.95 Å². The smallest absolute Gasteiger partial charge is 0.243 e. The van der Waals surface area contributed by atoms with Crippen molar-refractivity contribution in [3.63, 3.8) is 0 Å². The van der Waals surface area contributed by atoms with Crippen molar-refractivity contribution in [3.8, 4) is 0 Å². The largest absolute Gasteiger partial charge is 0.349 e. The van der Waals surface area contributed by atoms with Gasteiger partial charge in [0, 0.05) is 31.0 Å². The topological polar surface area (TPSA) is 60.0 Å². The highest BCUT2D eigenvalue weighted by atomic mass is 79.9. The highest BCUT2D eigenvalue weighted by Gasteiger charge is 2.08. The van der Waals surface area contributed by atoms with Crippen molar-refractivity contribution in [2.45, 2.75) is 13.5 Å². The second kappa shape index (κ2) is 4.65. The average molecular weight is 321 g/mol. The van der Waals surface area contributed by atoms with E-state index in [4.69, 9.17) is 0 Å². The van der Waals surface area contributed by atoms with Gasteiger partial charge < -0.3 is 5.32 Å². The first-order chi connectivity index (χ1) is 9.15. The van der Waals surface area contributed by atoms with Crippen molar-refractivity contribution in [1.82, 2.24) is 24.4 Å². The zero-order valence-corrected chi connectivity index (χ0v) is 12.2. The van der Waals surface area contributed by atoms with E-state index in [0.717, 1.165) is 21.4 Å². The van der Waals surface area contributed by atoms with Gasteiger partial charge in [0.25, 0.3) is 0 Å². The van der Waals surface area contributed by atoms with Gasteiger partial charge in [-0.15, -0.1) is 5.10 Å². The molecule has 0 fully saturated rings. The lowest BCUT2D eigenvalue weighted by Gasteiger charge is -2.00. The fourth-order valence-electron chi connectivity index (χ4n) is 1.84. The van der Waals surface area contributed by atoms with Crippen LogP contribution in [0.3, 0.4) is 0 Å². The second-order valence-electron chi connectivity index (χ2n) is 4.29. The van der Waals surface area contributed by atoms with E-state index < -0.39 is 0 Å². The molecule has 0 saturated heterocycles. The third kappa shape index (κ3) is 2.21. The van der Waals surface area contributed by atoms with Gasteiger partial charge >= 0.3 is 0 Å². The standard InChI is InChI=1S/C12H13BrN6/c1-8-9(7-15-18(8)2)6-14-12-16-11-10(13)4-3-5-19(11)17-12/h3-5,7H,6H2,1-2H3,(H,14,17). The Balaban J connectivity index is 1.82. The molecular weight excluding hydrogens is 308 g/mol. The Bertz CT molecular complexity index is 729. The second-order valence-corrected chi connectivity index (χ2v) is 5.15. The molecule has 0 radical (unpaired) electrons. The fourth-order valence-corrected chi connectivity index (χ4v) is 2.26. The number of fused-ring (bicyclic) bond motifs is 1. The normalized spacial score (nSPS) is 11.1. The summed E-state index contributed by atoms with van der Waals surface area (Å²) in [5.41, 5.74) is 3.07. The van der Waals surface area contributed by atoms with E-state index in [1.807, 2.05) is 43.2 Å². The Hall–Kier alpha value is -1.89. The van der Waals surface area contributed by atoms with Gasteiger partial charge in [-0.25, -0.2) is 4.52 Å². The summed E-state index contributed by atoms with van der Waals surface area (Å²) in [7, 11) is 1.93. The Kier molecular flexibility index (Phi) is 2.98. The van der Waals surface area contributed by atoms with Crippen molar-refractivity contribution >= 4 is 27.5 Å². The van der Waals surface area contributed by atoms with E-state index in [1.54, 1.807) is 4.52 Å². The number of hydrogen-bond donors (Lipinski definition) is 1. The van der Waals surface area contributed by atoms with E-state index in [9.17, 15) is 0 Å². The first-order valence-electron chi connectivity index (χ1n) is 5.87. The van der Waals surface area contributed by atoms with Gasteiger partial charge in [0.15, 0.2) is 5.65 Å². The Morgan fingerprint density at radius 3 is 2.95 bits per heavy atom. The van der Waals surface area contributed by atoms with Crippen LogP contribution < -0.4 is 5.32 Å². The van der Waals surface area contributed by atoms with Crippen LogP contribution in [0.1, 0.15) is 11.3 Å². The first kappa shape index (κ1) is 12.2. The molecule has 1 N–H and O–H groups in total. The number of anilines is 1. The number of aryl methyl sites for hydroxylation is 1. The Morgan fingerprint density at radius 1 is 1.42 bits per heavy atom. The van der Waals surface area contributed by atoms with Crippen molar-refractivity contribution in [1.29, 1.82) is 0 Å². The highest BCUT2D eigenvalue weighted by molar-refractivity contribution is 9.10. The van der Waals surface area contributed by atoms with Crippen molar-refractivity contribution < 1.29 is 0 Å². The van der Waals surface area contributed by atoms with Crippen molar-refractivity contribution in [2.24, 2.45) is 7.05 Å². The maximum atomic E-state index is 4.43. The average Bonchev–Trinajstić information content (AvgIpc) is 2.94. The van der Waals surface area contributed by atoms with E-state index in [0.29, 0.717) is 12.5 Å². The lowest BCUT2D eigenvalue weighted by molar-refractivity contribution is 0.738. The van der Waals surface area contributed by atoms with Crippen LogP contribution in [0.4, 0.5) is 5.95 Å². The summed E-state index contributed by atoms with van der Waals surface area (Å²) in [4.78, 5) is 4.43. The molecule has 0 aliphatic carbocycles. The number of hydrogen-bond acceptors (Lipinski definition) is 4. The molecule has 0 aliphatic heterocycles. The predicted molar refractivity (Wildman–Crippen MR) is 76.0 cm³/mol. The van der Waals surface area contributed by atoms with Crippen LogP contribution >= 0.6 is 15.9 Å². The molecule has 3 heterocycles. The van der Waals surface area contributed by atoms with Gasteiger partial charge in [-0.3, -0.25) is 4.68 Å². The van der Waals surface area contributed by atoms with Gasteiger partial charge in [-0.05, 0) is 35.0 Å². The first-order valence-corrected chi connectivity index (χ1v) is 6.66. The summed E-state index contributed by atoms with van der Waals surface area (Å²) in [5, 5.41) is 11.8. The molecular formula is C12H13BrN6. The maximum Gasteiger partial charge on any atom is 0.243 e. The molecule has 0 atom stereocenters. The van der Waals surface area contributed by atoms with Crippen molar-refractivity contribution in [2.75, 3.05) is 5.32 Å². The highest BCUT2D eigenvalue weighted by Crippen LogP contribution is 2.17. The summed E-state index contributed by atoms with van der Waals surface area (Å²) in [6.07, 6.45) is 3.72. The molecule has 0 aliphatic rings. The summed E-state index contributed by atoms with van der Waals surface area (Å²) in [5.74, 6) is 0.607. The number of aromatic nitrogens is 5. The maximum absolute atomic E-state index is 4.43. The Morgan fingerprint density at radius 2 is 2.26 bits per heavy atom. The molecule has 7 heteroatoms. The molecule has 3 rings (SSSR count). The molecule has 3 aromatic rings. The van der Waals surface area contributed by atoms with Gasteiger partial charge in [-0.2, -0.15) is 10.1 Å². The molecule has 19 heavy (non-hydrogen) atoms. The lowest BCUT2D eigenvalue weighted by Crippen LogP contribution is -2.02. The summed E-state index contributed by atoms with van der Waals surface area (Å²) in [6, 6.07) is 3.86. The molecule has 0 unspecified atom stereocenters. The molecule has 0 aromatic carbocycles.